The molecule has 1 unspecified atom stereocenters. The maximum absolute atomic E-state index is 12.9. The van der Waals surface area contributed by atoms with Gasteiger partial charge in [-0.1, -0.05) is 0 Å². The van der Waals surface area contributed by atoms with Crippen molar-refractivity contribution in [2.75, 3.05) is 20.1 Å². The van der Waals surface area contributed by atoms with Gasteiger partial charge < -0.3 is 25.4 Å². The van der Waals surface area contributed by atoms with Gasteiger partial charge in [-0.25, -0.2) is 4.98 Å². The first kappa shape index (κ1) is 20.8. The Morgan fingerprint density at radius 3 is 2.77 bits per heavy atom. The van der Waals surface area contributed by atoms with Crippen LogP contribution in [0.2, 0.25) is 0 Å². The Hall–Kier alpha value is -3.46. The van der Waals surface area contributed by atoms with Crippen LogP contribution in [0.3, 0.4) is 0 Å². The Labute approximate surface area is 177 Å². The lowest BCUT2D eigenvalue weighted by molar-refractivity contribution is 0.0951. The van der Waals surface area contributed by atoms with Crippen LogP contribution in [-0.4, -0.2) is 57.2 Å². The molecule has 0 saturated carbocycles. The number of phenolic OH excluding ortho intramolecular Hbond substituents is 1. The highest BCUT2D eigenvalue weighted by molar-refractivity contribution is 6.06. The second-order valence-electron chi connectivity index (χ2n) is 7.96. The van der Waals surface area contributed by atoms with Gasteiger partial charge in [0.15, 0.2) is 0 Å². The number of amides is 1. The van der Waals surface area contributed by atoms with Gasteiger partial charge in [-0.2, -0.15) is 0 Å². The van der Waals surface area contributed by atoms with E-state index in [1.807, 2.05) is 0 Å². The van der Waals surface area contributed by atoms with Gasteiger partial charge in [0.25, 0.3) is 5.91 Å². The minimum absolute atomic E-state index is 0.00432. The third-order valence-corrected chi connectivity index (χ3v) is 6.09. The van der Waals surface area contributed by atoms with Crippen LogP contribution >= 0.6 is 0 Å². The van der Waals surface area contributed by atoms with Crippen LogP contribution in [-0.2, 0) is 0 Å². The third-order valence-electron chi connectivity index (χ3n) is 6.09. The zero-order valence-electron chi connectivity index (χ0n) is 17.4. The summed E-state index contributed by atoms with van der Waals surface area (Å²) in [6.45, 7) is 2.96. The molecule has 1 aliphatic rings. The SMILES string of the molecule is Cc1c(O)c(=CO)c2nc3c(=O)ccc(C(=O)NCCC4CCCN4C)c3[nH]c2c1=O. The summed E-state index contributed by atoms with van der Waals surface area (Å²) in [6, 6.07) is 3.08. The van der Waals surface area contributed by atoms with E-state index >= 15 is 0 Å². The van der Waals surface area contributed by atoms with Gasteiger partial charge in [-0.05, 0) is 51.9 Å². The number of benzene rings is 2. The smallest absolute Gasteiger partial charge is 0.253 e. The molecule has 9 heteroatoms. The molecule has 1 fully saturated rings. The summed E-state index contributed by atoms with van der Waals surface area (Å²) in [6.07, 6.45) is 3.71. The van der Waals surface area contributed by atoms with Crippen LogP contribution in [0.1, 0.15) is 35.2 Å². The number of aromatic nitrogens is 2. The molecule has 0 bridgehead atoms. The number of aromatic hydroxyl groups is 1. The minimum Gasteiger partial charge on any atom is -0.515 e. The lowest BCUT2D eigenvalue weighted by Gasteiger charge is -2.19. The molecular weight excluding hydrogens is 400 g/mol. The van der Waals surface area contributed by atoms with Crippen LogP contribution < -0.4 is 21.4 Å². The standard InChI is InChI=1S/C22H24N4O5/c1-11-20(29)14(10-27)17-19(21(11)30)25-16-13(5-6-15(28)18(16)24-17)22(31)23-8-7-12-4-3-9-26(12)2/h5-6,10,12,25,27,29H,3-4,7-9H2,1-2H3,(H,23,31). The molecule has 1 aliphatic heterocycles. The van der Waals surface area contributed by atoms with Crippen molar-refractivity contribution in [3.8, 4) is 5.75 Å². The number of hydrogen-bond acceptors (Lipinski definition) is 7. The largest absolute Gasteiger partial charge is 0.515 e. The monoisotopic (exact) mass is 424 g/mol. The maximum atomic E-state index is 12.9. The molecule has 1 atom stereocenters. The van der Waals surface area contributed by atoms with Crippen molar-refractivity contribution in [1.29, 1.82) is 0 Å². The van der Waals surface area contributed by atoms with E-state index in [0.717, 1.165) is 25.8 Å². The van der Waals surface area contributed by atoms with Crippen molar-refractivity contribution >= 4 is 34.2 Å². The summed E-state index contributed by atoms with van der Waals surface area (Å²) in [5, 5.41) is 22.5. The number of carbonyl (C=O) groups excluding carboxylic acids is 1. The molecule has 2 aromatic carbocycles. The normalized spacial score (nSPS) is 17.6. The fourth-order valence-corrected chi connectivity index (χ4v) is 4.23. The van der Waals surface area contributed by atoms with Crippen LogP contribution in [0.4, 0.5) is 0 Å². The number of nitrogens with one attached hydrogen (secondary N) is 2. The first-order valence-corrected chi connectivity index (χ1v) is 10.2. The second-order valence-corrected chi connectivity index (χ2v) is 7.96. The zero-order chi connectivity index (χ0) is 22.3. The van der Waals surface area contributed by atoms with E-state index in [0.29, 0.717) is 18.8 Å². The number of likely N-dealkylation sites (tertiary alicyclic amines) is 1. The van der Waals surface area contributed by atoms with Crippen molar-refractivity contribution in [3.63, 3.8) is 0 Å². The Morgan fingerprint density at radius 2 is 2.10 bits per heavy atom. The molecule has 0 spiro atoms. The fourth-order valence-electron chi connectivity index (χ4n) is 4.23. The molecule has 1 aromatic heterocycles. The van der Waals surface area contributed by atoms with Gasteiger partial charge in [0.2, 0.25) is 10.9 Å². The summed E-state index contributed by atoms with van der Waals surface area (Å²) >= 11 is 0. The van der Waals surface area contributed by atoms with Gasteiger partial charge in [0.05, 0.1) is 22.6 Å². The van der Waals surface area contributed by atoms with E-state index in [1.54, 1.807) is 0 Å². The molecule has 0 aliphatic carbocycles. The minimum atomic E-state index is -0.528. The van der Waals surface area contributed by atoms with E-state index in [9.17, 15) is 24.6 Å². The zero-order valence-corrected chi connectivity index (χ0v) is 17.4. The summed E-state index contributed by atoms with van der Waals surface area (Å²) in [5.74, 6) is -0.779. The van der Waals surface area contributed by atoms with Gasteiger partial charge >= 0.3 is 0 Å². The number of aliphatic hydroxyl groups excluding tert-OH is 1. The van der Waals surface area contributed by atoms with Gasteiger partial charge in [0, 0.05) is 18.2 Å². The predicted octanol–water partition coefficient (Wildman–Crippen LogP) is 0.680. The topological polar surface area (TPSA) is 136 Å². The fraction of sp³-hybridized carbons (Fsp3) is 0.364. The molecule has 3 aromatic rings. The van der Waals surface area contributed by atoms with E-state index in [-0.39, 0.29) is 44.3 Å². The lowest BCUT2D eigenvalue weighted by atomic mass is 10.1. The number of hydrogen-bond donors (Lipinski definition) is 4. The number of aliphatic hydroxyl groups is 1. The molecule has 1 saturated heterocycles. The number of carbonyl (C=O) groups is 1. The number of nitrogens with zero attached hydrogens (tertiary/aromatic N) is 2. The Bertz CT molecular complexity index is 1360. The maximum Gasteiger partial charge on any atom is 0.253 e. The molecule has 0 radical (unpaired) electrons. The number of aromatic amines is 1. The highest BCUT2D eigenvalue weighted by Gasteiger charge is 2.21. The van der Waals surface area contributed by atoms with Crippen molar-refractivity contribution in [3.05, 3.63) is 48.9 Å². The number of fused-ring (bicyclic) bond motifs is 2. The van der Waals surface area contributed by atoms with Gasteiger partial charge in [0.1, 0.15) is 22.3 Å². The number of phenols is 1. The molecule has 162 valence electrons. The molecule has 9 nitrogen and oxygen atoms in total. The van der Waals surface area contributed by atoms with Crippen molar-refractivity contribution in [2.45, 2.75) is 32.2 Å². The first-order chi connectivity index (χ1) is 14.8. The molecule has 1 amide bonds. The second kappa shape index (κ2) is 7.99. The van der Waals surface area contributed by atoms with E-state index in [2.05, 4.69) is 27.2 Å². The van der Waals surface area contributed by atoms with E-state index in [4.69, 9.17) is 0 Å². The summed E-state index contributed by atoms with van der Waals surface area (Å²) < 4.78 is 0. The lowest BCUT2D eigenvalue weighted by Crippen LogP contribution is -2.32. The third kappa shape index (κ3) is 3.50. The van der Waals surface area contributed by atoms with Crippen LogP contribution in [0.5, 0.6) is 5.75 Å². The van der Waals surface area contributed by atoms with Crippen LogP contribution in [0, 0.1) is 6.92 Å². The van der Waals surface area contributed by atoms with Gasteiger partial charge in [-0.15, -0.1) is 0 Å². The summed E-state index contributed by atoms with van der Waals surface area (Å²) in [4.78, 5) is 47.3. The Morgan fingerprint density at radius 1 is 1.32 bits per heavy atom. The average Bonchev–Trinajstić information content (AvgIpc) is 3.17. The highest BCUT2D eigenvalue weighted by atomic mass is 16.3. The van der Waals surface area contributed by atoms with Gasteiger partial charge in [-0.3, -0.25) is 14.4 Å². The van der Waals surface area contributed by atoms with E-state index < -0.39 is 16.6 Å². The Balaban J connectivity index is 1.78. The summed E-state index contributed by atoms with van der Waals surface area (Å²) in [5.41, 5.74) is -0.716. The molecule has 2 heterocycles. The summed E-state index contributed by atoms with van der Waals surface area (Å²) in [7, 11) is 2.07. The number of rotatable bonds is 4. The molecule has 4 rings (SSSR count). The van der Waals surface area contributed by atoms with Crippen molar-refractivity contribution in [1.82, 2.24) is 20.2 Å². The molecule has 31 heavy (non-hydrogen) atoms. The van der Waals surface area contributed by atoms with Crippen LogP contribution in [0.15, 0.2) is 21.7 Å². The first-order valence-electron chi connectivity index (χ1n) is 10.2. The quantitative estimate of drug-likeness (QED) is 0.452. The van der Waals surface area contributed by atoms with Crippen molar-refractivity contribution < 1.29 is 15.0 Å². The predicted molar refractivity (Wildman–Crippen MR) is 117 cm³/mol. The Kier molecular flexibility index (Phi) is 5.36. The van der Waals surface area contributed by atoms with E-state index in [1.165, 1.54) is 19.1 Å². The molecular formula is C22H24N4O5. The highest BCUT2D eigenvalue weighted by Crippen LogP contribution is 2.19. The average molecular weight is 424 g/mol. The van der Waals surface area contributed by atoms with Crippen LogP contribution in [0.25, 0.3) is 28.3 Å². The molecule has 4 N–H and O–H groups in total. The van der Waals surface area contributed by atoms with Crippen molar-refractivity contribution in [2.24, 2.45) is 0 Å². The number of H-pyrrole nitrogens is 1.